The lowest BCUT2D eigenvalue weighted by Crippen LogP contribution is -2.46. The number of hydrogen-bond acceptors (Lipinski definition) is 4. The smallest absolute Gasteiger partial charge is 0.251 e. The first-order valence-corrected chi connectivity index (χ1v) is 6.45. The van der Waals surface area contributed by atoms with Gasteiger partial charge in [0.25, 0.3) is 5.91 Å². The Balaban J connectivity index is 1.95. The van der Waals surface area contributed by atoms with Gasteiger partial charge in [0.05, 0.1) is 10.6 Å². The van der Waals surface area contributed by atoms with Gasteiger partial charge in [-0.15, -0.1) is 0 Å². The first kappa shape index (κ1) is 14.1. The van der Waals surface area contributed by atoms with Crippen LogP contribution in [0, 0.1) is 0 Å². The average Bonchev–Trinajstić information content (AvgIpc) is 2.40. The van der Waals surface area contributed by atoms with Gasteiger partial charge in [0.1, 0.15) is 5.75 Å². The van der Waals surface area contributed by atoms with Crippen molar-refractivity contribution in [2.24, 2.45) is 0 Å². The highest BCUT2D eigenvalue weighted by Gasteiger charge is 2.30. The summed E-state index contributed by atoms with van der Waals surface area (Å²) in [6, 6.07) is 4.23. The van der Waals surface area contributed by atoms with Crippen LogP contribution < -0.4 is 5.32 Å². The molecule has 104 valence electrons. The topological polar surface area (TPSA) is 78.8 Å². The minimum absolute atomic E-state index is 0.0683. The third-order valence-electron chi connectivity index (χ3n) is 3.21. The highest BCUT2D eigenvalue weighted by molar-refractivity contribution is 6.32. The molecule has 0 saturated carbocycles. The largest absolute Gasteiger partial charge is 0.506 e. The molecular formula is C13H16ClNO4. The molecule has 1 heterocycles. The average molecular weight is 286 g/mol. The monoisotopic (exact) mass is 285 g/mol. The van der Waals surface area contributed by atoms with Crippen molar-refractivity contribution < 1.29 is 19.7 Å². The predicted molar refractivity (Wildman–Crippen MR) is 70.5 cm³/mol. The van der Waals surface area contributed by atoms with E-state index in [0.29, 0.717) is 31.6 Å². The number of rotatable bonds is 3. The number of aliphatic hydroxyl groups is 1. The summed E-state index contributed by atoms with van der Waals surface area (Å²) in [5.74, 6) is -0.400. The molecule has 0 radical (unpaired) electrons. The van der Waals surface area contributed by atoms with E-state index >= 15 is 0 Å². The van der Waals surface area contributed by atoms with Crippen molar-refractivity contribution in [3.05, 3.63) is 28.8 Å². The van der Waals surface area contributed by atoms with Crippen molar-refractivity contribution in [3.63, 3.8) is 0 Å². The molecule has 1 amide bonds. The molecule has 0 aliphatic carbocycles. The Bertz CT molecular complexity index is 472. The van der Waals surface area contributed by atoms with Crippen molar-refractivity contribution >= 4 is 17.5 Å². The first-order valence-electron chi connectivity index (χ1n) is 6.07. The molecule has 0 unspecified atom stereocenters. The van der Waals surface area contributed by atoms with Crippen LogP contribution in [0.15, 0.2) is 18.2 Å². The Hall–Kier alpha value is -1.30. The molecule has 1 fully saturated rings. The maximum absolute atomic E-state index is 11.9. The molecular weight excluding hydrogens is 270 g/mol. The van der Waals surface area contributed by atoms with Crippen LogP contribution in [-0.4, -0.2) is 41.5 Å². The van der Waals surface area contributed by atoms with Crippen molar-refractivity contribution in [2.45, 2.75) is 18.4 Å². The Morgan fingerprint density at radius 2 is 2.11 bits per heavy atom. The number of amides is 1. The molecule has 1 aliphatic heterocycles. The number of ether oxygens (including phenoxy) is 1. The third-order valence-corrected chi connectivity index (χ3v) is 3.51. The van der Waals surface area contributed by atoms with E-state index in [9.17, 15) is 15.0 Å². The van der Waals surface area contributed by atoms with Crippen molar-refractivity contribution in [3.8, 4) is 5.75 Å². The second-order valence-corrected chi connectivity index (χ2v) is 5.09. The van der Waals surface area contributed by atoms with E-state index in [1.807, 2.05) is 0 Å². The van der Waals surface area contributed by atoms with E-state index in [1.165, 1.54) is 18.2 Å². The molecule has 1 aromatic rings. The van der Waals surface area contributed by atoms with Gasteiger partial charge in [0.15, 0.2) is 0 Å². The summed E-state index contributed by atoms with van der Waals surface area (Å²) in [6.07, 6.45) is 1.01. The fourth-order valence-electron chi connectivity index (χ4n) is 1.92. The molecule has 5 nitrogen and oxygen atoms in total. The van der Waals surface area contributed by atoms with Crippen LogP contribution in [0.3, 0.4) is 0 Å². The molecule has 3 N–H and O–H groups in total. The minimum atomic E-state index is -0.908. The lowest BCUT2D eigenvalue weighted by Gasteiger charge is -2.32. The Labute approximate surface area is 116 Å². The summed E-state index contributed by atoms with van der Waals surface area (Å²) in [7, 11) is 0. The number of aromatic hydroxyl groups is 1. The number of phenols is 1. The van der Waals surface area contributed by atoms with Gasteiger partial charge in [-0.25, -0.2) is 0 Å². The molecule has 2 rings (SSSR count). The number of nitrogens with one attached hydrogen (secondary N) is 1. The van der Waals surface area contributed by atoms with E-state index in [2.05, 4.69) is 5.32 Å². The number of benzene rings is 1. The molecule has 0 aromatic heterocycles. The Morgan fingerprint density at radius 1 is 1.42 bits per heavy atom. The predicted octanol–water partition coefficient (Wildman–Crippen LogP) is 1.32. The zero-order chi connectivity index (χ0) is 13.9. The highest BCUT2D eigenvalue weighted by atomic mass is 35.5. The summed E-state index contributed by atoms with van der Waals surface area (Å²) in [4.78, 5) is 11.9. The van der Waals surface area contributed by atoms with Crippen LogP contribution in [0.4, 0.5) is 0 Å². The maximum atomic E-state index is 11.9. The van der Waals surface area contributed by atoms with Gasteiger partial charge in [-0.2, -0.15) is 0 Å². The van der Waals surface area contributed by atoms with E-state index in [0.717, 1.165) is 0 Å². The molecule has 1 saturated heterocycles. The molecule has 1 aromatic carbocycles. The van der Waals surface area contributed by atoms with Gasteiger partial charge in [0, 0.05) is 38.2 Å². The molecule has 19 heavy (non-hydrogen) atoms. The summed E-state index contributed by atoms with van der Waals surface area (Å²) < 4.78 is 5.17. The van der Waals surface area contributed by atoms with Crippen LogP contribution in [0.1, 0.15) is 23.2 Å². The standard InChI is InChI=1S/C13H16ClNO4/c14-10-7-9(1-2-11(10)16)12(17)15-8-13(18)3-5-19-6-4-13/h1-2,7,16,18H,3-6,8H2,(H,15,17). The molecule has 0 atom stereocenters. The summed E-state index contributed by atoms with van der Waals surface area (Å²) in [6.45, 7) is 1.17. The third kappa shape index (κ3) is 3.59. The lowest BCUT2D eigenvalue weighted by atomic mass is 9.94. The van der Waals surface area contributed by atoms with Gasteiger partial charge < -0.3 is 20.3 Å². The summed E-state index contributed by atoms with van der Waals surface area (Å²) in [5.41, 5.74) is -0.562. The zero-order valence-electron chi connectivity index (χ0n) is 10.4. The van der Waals surface area contributed by atoms with Crippen molar-refractivity contribution in [1.82, 2.24) is 5.32 Å². The van der Waals surface area contributed by atoms with E-state index in [-0.39, 0.29) is 23.2 Å². The fraction of sp³-hybridized carbons (Fsp3) is 0.462. The lowest BCUT2D eigenvalue weighted by molar-refractivity contribution is -0.0605. The van der Waals surface area contributed by atoms with Crippen LogP contribution in [0.5, 0.6) is 5.75 Å². The highest BCUT2D eigenvalue weighted by Crippen LogP contribution is 2.24. The minimum Gasteiger partial charge on any atom is -0.506 e. The van der Waals surface area contributed by atoms with Gasteiger partial charge >= 0.3 is 0 Å². The molecule has 6 heteroatoms. The zero-order valence-corrected chi connectivity index (χ0v) is 11.1. The van der Waals surface area contributed by atoms with E-state index < -0.39 is 5.60 Å². The van der Waals surface area contributed by atoms with Gasteiger partial charge in [-0.1, -0.05) is 11.6 Å². The van der Waals surface area contributed by atoms with Crippen LogP contribution in [-0.2, 0) is 4.74 Å². The van der Waals surface area contributed by atoms with Crippen molar-refractivity contribution in [2.75, 3.05) is 19.8 Å². The van der Waals surface area contributed by atoms with Crippen LogP contribution in [0.25, 0.3) is 0 Å². The SMILES string of the molecule is O=C(NCC1(O)CCOCC1)c1ccc(O)c(Cl)c1. The van der Waals surface area contributed by atoms with Gasteiger partial charge in [-0.05, 0) is 18.2 Å². The van der Waals surface area contributed by atoms with Gasteiger partial charge in [-0.3, -0.25) is 4.79 Å². The number of carbonyl (C=O) groups is 1. The van der Waals surface area contributed by atoms with E-state index in [4.69, 9.17) is 16.3 Å². The molecule has 1 aliphatic rings. The number of carbonyl (C=O) groups excluding carboxylic acids is 1. The molecule has 0 spiro atoms. The quantitative estimate of drug-likeness (QED) is 0.782. The van der Waals surface area contributed by atoms with Crippen LogP contribution in [0.2, 0.25) is 5.02 Å². The van der Waals surface area contributed by atoms with Crippen molar-refractivity contribution in [1.29, 1.82) is 0 Å². The second kappa shape index (κ2) is 5.77. The number of halogens is 1. The first-order chi connectivity index (χ1) is 9.00. The summed E-state index contributed by atoms with van der Waals surface area (Å²) in [5, 5.41) is 22.3. The van der Waals surface area contributed by atoms with Gasteiger partial charge in [0.2, 0.25) is 0 Å². The number of hydrogen-bond donors (Lipinski definition) is 3. The second-order valence-electron chi connectivity index (χ2n) is 4.69. The van der Waals surface area contributed by atoms with E-state index in [1.54, 1.807) is 0 Å². The normalized spacial score (nSPS) is 18.0. The summed E-state index contributed by atoms with van der Waals surface area (Å²) >= 11 is 5.74. The van der Waals surface area contributed by atoms with Crippen LogP contribution >= 0.6 is 11.6 Å². The Kier molecular flexibility index (Phi) is 4.29. The Morgan fingerprint density at radius 3 is 2.74 bits per heavy atom. The fourth-order valence-corrected chi connectivity index (χ4v) is 2.10. The number of phenolic OH excluding ortho intramolecular Hbond substituents is 1. The maximum Gasteiger partial charge on any atom is 0.251 e. The molecule has 0 bridgehead atoms.